The lowest BCUT2D eigenvalue weighted by Gasteiger charge is -2.23. The predicted octanol–water partition coefficient (Wildman–Crippen LogP) is 4.62. The van der Waals surface area contributed by atoms with Crippen molar-refractivity contribution >= 4 is 15.7 Å². The first kappa shape index (κ1) is 24.2. The number of nitrogens with zero attached hydrogens (tertiary/aromatic N) is 3. The number of amides is 1. The molecule has 2 aromatic carbocycles. The summed E-state index contributed by atoms with van der Waals surface area (Å²) in [5.41, 5.74) is 1.30. The second-order valence-electron chi connectivity index (χ2n) is 7.93. The van der Waals surface area contributed by atoms with E-state index in [0.717, 1.165) is 6.07 Å². The van der Waals surface area contributed by atoms with E-state index in [1.54, 1.807) is 42.5 Å². The van der Waals surface area contributed by atoms with Crippen molar-refractivity contribution in [2.45, 2.75) is 30.5 Å². The molecule has 0 radical (unpaired) electrons. The largest absolute Gasteiger partial charge is 0.467 e. The Hall–Kier alpha value is -3.98. The lowest BCUT2D eigenvalue weighted by Crippen LogP contribution is -2.31. The average molecular weight is 494 g/mol. The molecule has 4 aromatic rings. The zero-order valence-electron chi connectivity index (χ0n) is 18.9. The van der Waals surface area contributed by atoms with E-state index in [2.05, 4.69) is 11.6 Å². The van der Waals surface area contributed by atoms with Gasteiger partial charge in [-0.25, -0.2) is 17.8 Å². The Kier molecular flexibility index (Phi) is 7.26. The van der Waals surface area contributed by atoms with E-state index in [9.17, 15) is 17.6 Å². The summed E-state index contributed by atoms with van der Waals surface area (Å²) >= 11 is 0. The molecule has 1 amide bonds. The third kappa shape index (κ3) is 5.75. The zero-order chi connectivity index (χ0) is 24.8. The van der Waals surface area contributed by atoms with E-state index in [4.69, 9.17) is 4.42 Å². The van der Waals surface area contributed by atoms with E-state index in [1.807, 2.05) is 6.07 Å². The molecule has 0 aliphatic rings. The maximum absolute atomic E-state index is 13.8. The lowest BCUT2D eigenvalue weighted by molar-refractivity contribution is 0.0713. The Labute approximate surface area is 203 Å². The van der Waals surface area contributed by atoms with Crippen LogP contribution in [0.15, 0.2) is 101 Å². The van der Waals surface area contributed by atoms with Gasteiger partial charge in [0.25, 0.3) is 5.91 Å². The van der Waals surface area contributed by atoms with Gasteiger partial charge in [0.05, 0.1) is 37.0 Å². The normalized spacial score (nSPS) is 11.3. The summed E-state index contributed by atoms with van der Waals surface area (Å²) in [6.07, 6.45) is 4.50. The van der Waals surface area contributed by atoms with Gasteiger partial charge in [0, 0.05) is 12.1 Å². The van der Waals surface area contributed by atoms with E-state index < -0.39 is 21.6 Å². The van der Waals surface area contributed by atoms with Gasteiger partial charge in [0.15, 0.2) is 0 Å². The average Bonchev–Trinajstić information content (AvgIpc) is 3.49. The van der Waals surface area contributed by atoms with E-state index in [1.165, 1.54) is 40.1 Å². The first-order valence-electron chi connectivity index (χ1n) is 10.9. The summed E-state index contributed by atoms with van der Waals surface area (Å²) in [5, 5.41) is -0.104. The quantitative estimate of drug-likeness (QED) is 0.301. The highest BCUT2D eigenvalue weighted by molar-refractivity contribution is 7.90. The topological polar surface area (TPSA) is 85.4 Å². The maximum atomic E-state index is 13.8. The lowest BCUT2D eigenvalue weighted by atomic mass is 10.2. The highest BCUT2D eigenvalue weighted by Crippen LogP contribution is 2.21. The highest BCUT2D eigenvalue weighted by atomic mass is 32.2. The molecule has 0 atom stereocenters. The van der Waals surface area contributed by atoms with Crippen molar-refractivity contribution in [3.8, 4) is 0 Å². The molecule has 180 valence electrons. The standard InChI is InChI=1S/C26H24FN3O4S/c1-2-13-30-23(16-28-26(30)35(32,33)19-20-8-4-3-5-9-20)17-29(18-24-12-7-14-34-24)25(31)21-10-6-11-22(27)15-21/h2-12,14-16H,1,13,17-19H2. The Bertz CT molecular complexity index is 1410. The van der Waals surface area contributed by atoms with Crippen molar-refractivity contribution in [1.82, 2.24) is 14.5 Å². The number of aromatic nitrogens is 2. The number of carbonyl (C=O) groups excluding carboxylic acids is 1. The Balaban J connectivity index is 1.68. The van der Waals surface area contributed by atoms with Crippen LogP contribution in [0.4, 0.5) is 4.39 Å². The monoisotopic (exact) mass is 493 g/mol. The van der Waals surface area contributed by atoms with Crippen molar-refractivity contribution < 1.29 is 22.0 Å². The summed E-state index contributed by atoms with van der Waals surface area (Å²) in [5.74, 6) is -0.637. The Morgan fingerprint density at radius 1 is 1.09 bits per heavy atom. The van der Waals surface area contributed by atoms with Crippen LogP contribution in [0.5, 0.6) is 0 Å². The minimum atomic E-state index is -3.78. The molecule has 2 heterocycles. The number of rotatable bonds is 10. The highest BCUT2D eigenvalue weighted by Gasteiger charge is 2.26. The Morgan fingerprint density at radius 2 is 1.89 bits per heavy atom. The number of halogens is 1. The fourth-order valence-electron chi connectivity index (χ4n) is 3.74. The molecule has 0 unspecified atom stereocenters. The molecule has 0 aliphatic carbocycles. The maximum Gasteiger partial charge on any atom is 0.254 e. The predicted molar refractivity (Wildman–Crippen MR) is 128 cm³/mol. The molecule has 35 heavy (non-hydrogen) atoms. The molecule has 0 spiro atoms. The molecule has 0 aliphatic heterocycles. The number of hydrogen-bond acceptors (Lipinski definition) is 5. The molecule has 9 heteroatoms. The third-order valence-corrected chi connectivity index (χ3v) is 6.92. The van der Waals surface area contributed by atoms with Crippen molar-refractivity contribution in [1.29, 1.82) is 0 Å². The third-order valence-electron chi connectivity index (χ3n) is 5.33. The number of carbonyl (C=O) groups is 1. The fourth-order valence-corrected chi connectivity index (χ4v) is 5.24. The van der Waals surface area contributed by atoms with Crippen LogP contribution < -0.4 is 0 Å². The van der Waals surface area contributed by atoms with E-state index in [-0.39, 0.29) is 36.1 Å². The summed E-state index contributed by atoms with van der Waals surface area (Å²) in [4.78, 5) is 19.0. The van der Waals surface area contributed by atoms with Gasteiger partial charge in [0.2, 0.25) is 15.0 Å². The summed E-state index contributed by atoms with van der Waals surface area (Å²) in [7, 11) is -3.78. The Morgan fingerprint density at radius 3 is 2.57 bits per heavy atom. The first-order valence-corrected chi connectivity index (χ1v) is 12.5. The minimum Gasteiger partial charge on any atom is -0.467 e. The van der Waals surface area contributed by atoms with E-state index >= 15 is 0 Å². The van der Waals surface area contributed by atoms with Crippen LogP contribution in [0, 0.1) is 5.82 Å². The smallest absolute Gasteiger partial charge is 0.254 e. The number of allylic oxidation sites excluding steroid dienone is 1. The van der Waals surface area contributed by atoms with Gasteiger partial charge in [-0.2, -0.15) is 0 Å². The number of imidazole rings is 1. The molecule has 0 fully saturated rings. The van der Waals surface area contributed by atoms with Crippen LogP contribution in [-0.2, 0) is 35.2 Å². The summed E-state index contributed by atoms with van der Waals surface area (Å²) in [6, 6.07) is 17.7. The second kappa shape index (κ2) is 10.5. The van der Waals surface area contributed by atoms with E-state index in [0.29, 0.717) is 17.0 Å². The summed E-state index contributed by atoms with van der Waals surface area (Å²) in [6.45, 7) is 4.05. The van der Waals surface area contributed by atoms with Crippen LogP contribution in [0.3, 0.4) is 0 Å². The van der Waals surface area contributed by atoms with Crippen LogP contribution in [0.1, 0.15) is 27.4 Å². The molecule has 0 bridgehead atoms. The van der Waals surface area contributed by atoms with Crippen molar-refractivity contribution in [3.63, 3.8) is 0 Å². The minimum absolute atomic E-state index is 0.0255. The molecule has 4 rings (SSSR count). The van der Waals surface area contributed by atoms with Crippen molar-refractivity contribution in [3.05, 3.63) is 120 Å². The number of furan rings is 1. The van der Waals surface area contributed by atoms with Gasteiger partial charge < -0.3 is 13.9 Å². The molecule has 0 saturated heterocycles. The fraction of sp³-hybridized carbons (Fsp3) is 0.154. The number of hydrogen-bond donors (Lipinski definition) is 0. The first-order chi connectivity index (χ1) is 16.9. The van der Waals surface area contributed by atoms with Crippen LogP contribution in [0.2, 0.25) is 0 Å². The van der Waals surface area contributed by atoms with Gasteiger partial charge in [0.1, 0.15) is 11.6 Å². The zero-order valence-corrected chi connectivity index (χ0v) is 19.7. The SMILES string of the molecule is C=CCn1c(CN(Cc2ccco2)C(=O)c2cccc(F)c2)cnc1S(=O)(=O)Cc1ccccc1. The molecule has 2 aromatic heterocycles. The number of sulfone groups is 1. The van der Waals surface area contributed by atoms with Crippen LogP contribution >= 0.6 is 0 Å². The molecular formula is C26H24FN3O4S. The van der Waals surface area contributed by atoms with Gasteiger partial charge >= 0.3 is 0 Å². The van der Waals surface area contributed by atoms with Crippen LogP contribution in [-0.4, -0.2) is 28.8 Å². The van der Waals surface area contributed by atoms with Gasteiger partial charge in [-0.1, -0.05) is 42.5 Å². The van der Waals surface area contributed by atoms with Crippen molar-refractivity contribution in [2.75, 3.05) is 0 Å². The molecule has 0 saturated carbocycles. The van der Waals surface area contributed by atoms with Gasteiger partial charge in [-0.3, -0.25) is 4.79 Å². The number of benzene rings is 2. The van der Waals surface area contributed by atoms with Crippen LogP contribution in [0.25, 0.3) is 0 Å². The van der Waals surface area contributed by atoms with Gasteiger partial charge in [-0.15, -0.1) is 6.58 Å². The molecular weight excluding hydrogens is 469 g/mol. The van der Waals surface area contributed by atoms with Crippen molar-refractivity contribution in [2.24, 2.45) is 0 Å². The summed E-state index contributed by atoms with van der Waals surface area (Å²) < 4.78 is 47.1. The molecule has 0 N–H and O–H groups in total. The second-order valence-corrected chi connectivity index (χ2v) is 9.81. The van der Waals surface area contributed by atoms with Gasteiger partial charge in [-0.05, 0) is 35.9 Å². The molecule has 7 nitrogen and oxygen atoms in total.